The molecule has 0 bridgehead atoms. The number of hydrogen-bond donors (Lipinski definition) is 0. The van der Waals surface area contributed by atoms with E-state index in [4.69, 9.17) is 5.26 Å². The molecule has 1 fully saturated rings. The summed E-state index contributed by atoms with van der Waals surface area (Å²) in [5.41, 5.74) is 2.49. The number of likely N-dealkylation sites (tertiary alicyclic amines) is 1. The number of nitrogens with zero attached hydrogens (tertiary/aromatic N) is 2. The predicted molar refractivity (Wildman–Crippen MR) is 69.8 cm³/mol. The minimum absolute atomic E-state index is 0.0146. The summed E-state index contributed by atoms with van der Waals surface area (Å²) in [6, 6.07) is 10.6. The second kappa shape index (κ2) is 5.68. The van der Waals surface area contributed by atoms with Crippen LogP contribution in [0.2, 0.25) is 0 Å². The van der Waals surface area contributed by atoms with E-state index in [1.807, 2.05) is 4.90 Å². The van der Waals surface area contributed by atoms with Crippen LogP contribution < -0.4 is 0 Å². The minimum atomic E-state index is 0.0146. The maximum atomic E-state index is 11.7. The molecule has 1 unspecified atom stereocenters. The summed E-state index contributed by atoms with van der Waals surface area (Å²) < 4.78 is 0. The standard InChI is InChI=1S/C15H18N2O/c1-12-2-4-13(5-3-12)8-9-17-11-14(10-16)6-7-15(17)18/h2-5,14H,6-9,11H2,1H3. The lowest BCUT2D eigenvalue weighted by molar-refractivity contribution is -0.134. The van der Waals surface area contributed by atoms with Crippen LogP contribution in [0.4, 0.5) is 0 Å². The number of benzene rings is 1. The number of carbonyl (C=O) groups excluding carboxylic acids is 1. The molecule has 0 aromatic heterocycles. The van der Waals surface area contributed by atoms with Gasteiger partial charge in [0.1, 0.15) is 0 Å². The van der Waals surface area contributed by atoms with Gasteiger partial charge in [0.25, 0.3) is 0 Å². The van der Waals surface area contributed by atoms with Crippen LogP contribution in [0.3, 0.4) is 0 Å². The van der Waals surface area contributed by atoms with E-state index < -0.39 is 0 Å². The maximum absolute atomic E-state index is 11.7. The molecule has 0 N–H and O–H groups in total. The maximum Gasteiger partial charge on any atom is 0.222 e. The fourth-order valence-corrected chi connectivity index (χ4v) is 2.26. The average molecular weight is 242 g/mol. The van der Waals surface area contributed by atoms with Gasteiger partial charge in [-0.2, -0.15) is 5.26 Å². The quantitative estimate of drug-likeness (QED) is 0.816. The van der Waals surface area contributed by atoms with Crippen LogP contribution in [0.5, 0.6) is 0 Å². The van der Waals surface area contributed by atoms with Gasteiger partial charge in [-0.3, -0.25) is 4.79 Å². The van der Waals surface area contributed by atoms with Gasteiger partial charge in [0.15, 0.2) is 0 Å². The average Bonchev–Trinajstić information content (AvgIpc) is 2.40. The molecule has 1 aromatic rings. The Morgan fingerprint density at radius 2 is 2.11 bits per heavy atom. The molecular formula is C15H18N2O. The summed E-state index contributed by atoms with van der Waals surface area (Å²) in [6.45, 7) is 3.39. The summed E-state index contributed by atoms with van der Waals surface area (Å²) in [4.78, 5) is 13.6. The normalized spacial score (nSPS) is 19.7. The molecule has 18 heavy (non-hydrogen) atoms. The molecule has 0 radical (unpaired) electrons. The van der Waals surface area contributed by atoms with Gasteiger partial charge in [0.2, 0.25) is 5.91 Å². The zero-order valence-corrected chi connectivity index (χ0v) is 10.7. The molecule has 3 nitrogen and oxygen atoms in total. The van der Waals surface area contributed by atoms with E-state index in [2.05, 4.69) is 37.3 Å². The van der Waals surface area contributed by atoms with Crippen LogP contribution >= 0.6 is 0 Å². The highest BCUT2D eigenvalue weighted by molar-refractivity contribution is 5.77. The van der Waals surface area contributed by atoms with Crippen molar-refractivity contribution in [2.24, 2.45) is 5.92 Å². The molecule has 2 rings (SSSR count). The van der Waals surface area contributed by atoms with Crippen LogP contribution in [0, 0.1) is 24.2 Å². The first-order valence-electron chi connectivity index (χ1n) is 6.42. The van der Waals surface area contributed by atoms with Crippen molar-refractivity contribution < 1.29 is 4.79 Å². The van der Waals surface area contributed by atoms with E-state index in [1.54, 1.807) is 0 Å². The smallest absolute Gasteiger partial charge is 0.222 e. The molecule has 94 valence electrons. The highest BCUT2D eigenvalue weighted by Gasteiger charge is 2.24. The van der Waals surface area contributed by atoms with Gasteiger partial charge in [-0.1, -0.05) is 29.8 Å². The highest BCUT2D eigenvalue weighted by Crippen LogP contribution is 2.17. The highest BCUT2D eigenvalue weighted by atomic mass is 16.2. The molecule has 0 aliphatic carbocycles. The molecule has 3 heteroatoms. The number of hydrogen-bond acceptors (Lipinski definition) is 2. The molecule has 1 aliphatic rings. The third-order valence-electron chi connectivity index (χ3n) is 3.47. The Morgan fingerprint density at radius 1 is 1.39 bits per heavy atom. The zero-order valence-electron chi connectivity index (χ0n) is 10.7. The Bertz CT molecular complexity index is 458. The topological polar surface area (TPSA) is 44.1 Å². The summed E-state index contributed by atoms with van der Waals surface area (Å²) >= 11 is 0. The molecule has 1 saturated heterocycles. The van der Waals surface area contributed by atoms with Gasteiger partial charge in [0, 0.05) is 19.5 Å². The Hall–Kier alpha value is -1.82. The second-order valence-corrected chi connectivity index (χ2v) is 4.94. The fraction of sp³-hybridized carbons (Fsp3) is 0.467. The number of nitriles is 1. The SMILES string of the molecule is Cc1ccc(CCN2CC(C#N)CCC2=O)cc1. The van der Waals surface area contributed by atoms with E-state index in [9.17, 15) is 4.79 Å². The van der Waals surface area contributed by atoms with E-state index in [-0.39, 0.29) is 11.8 Å². The monoisotopic (exact) mass is 242 g/mol. The molecular weight excluding hydrogens is 224 g/mol. The lowest BCUT2D eigenvalue weighted by Gasteiger charge is -2.29. The molecule has 1 aliphatic heterocycles. The van der Waals surface area contributed by atoms with Gasteiger partial charge < -0.3 is 4.90 Å². The minimum Gasteiger partial charge on any atom is -0.341 e. The van der Waals surface area contributed by atoms with Crippen molar-refractivity contribution in [2.45, 2.75) is 26.2 Å². The van der Waals surface area contributed by atoms with E-state index in [0.29, 0.717) is 13.0 Å². The Morgan fingerprint density at radius 3 is 2.78 bits per heavy atom. The van der Waals surface area contributed by atoms with Crippen molar-refractivity contribution in [3.8, 4) is 6.07 Å². The molecule has 0 saturated carbocycles. The molecule has 1 amide bonds. The van der Waals surface area contributed by atoms with Gasteiger partial charge in [-0.25, -0.2) is 0 Å². The molecule has 0 spiro atoms. The number of rotatable bonds is 3. The van der Waals surface area contributed by atoms with Crippen molar-refractivity contribution in [1.82, 2.24) is 4.90 Å². The largest absolute Gasteiger partial charge is 0.341 e. The van der Waals surface area contributed by atoms with Crippen molar-refractivity contribution in [3.63, 3.8) is 0 Å². The molecule has 1 aromatic carbocycles. The summed E-state index contributed by atoms with van der Waals surface area (Å²) in [7, 11) is 0. The Labute approximate surface area is 108 Å². The summed E-state index contributed by atoms with van der Waals surface area (Å²) in [6.07, 6.45) is 2.10. The van der Waals surface area contributed by atoms with Crippen LogP contribution in [0.15, 0.2) is 24.3 Å². The van der Waals surface area contributed by atoms with E-state index in [0.717, 1.165) is 19.4 Å². The van der Waals surface area contributed by atoms with Gasteiger partial charge in [0.05, 0.1) is 12.0 Å². The first kappa shape index (κ1) is 12.6. The Kier molecular flexibility index (Phi) is 3.99. The lowest BCUT2D eigenvalue weighted by Crippen LogP contribution is -2.40. The first-order valence-corrected chi connectivity index (χ1v) is 6.42. The van der Waals surface area contributed by atoms with Crippen molar-refractivity contribution in [1.29, 1.82) is 5.26 Å². The Balaban J connectivity index is 1.90. The van der Waals surface area contributed by atoms with Crippen molar-refractivity contribution in [2.75, 3.05) is 13.1 Å². The lowest BCUT2D eigenvalue weighted by atomic mass is 9.98. The van der Waals surface area contributed by atoms with Gasteiger partial charge >= 0.3 is 0 Å². The summed E-state index contributed by atoms with van der Waals surface area (Å²) in [5, 5.41) is 8.92. The molecule has 1 heterocycles. The number of piperidine rings is 1. The first-order chi connectivity index (χ1) is 8.69. The summed E-state index contributed by atoms with van der Waals surface area (Å²) in [5.74, 6) is 0.203. The number of carbonyl (C=O) groups is 1. The van der Waals surface area contributed by atoms with Crippen LogP contribution in [0.25, 0.3) is 0 Å². The predicted octanol–water partition coefficient (Wildman–Crippen LogP) is 2.30. The molecule has 1 atom stereocenters. The van der Waals surface area contributed by atoms with Gasteiger partial charge in [-0.15, -0.1) is 0 Å². The zero-order chi connectivity index (χ0) is 13.0. The third kappa shape index (κ3) is 3.10. The van der Waals surface area contributed by atoms with Gasteiger partial charge in [-0.05, 0) is 25.3 Å². The van der Waals surface area contributed by atoms with Crippen LogP contribution in [-0.2, 0) is 11.2 Å². The second-order valence-electron chi connectivity index (χ2n) is 4.94. The van der Waals surface area contributed by atoms with E-state index in [1.165, 1.54) is 11.1 Å². The van der Waals surface area contributed by atoms with E-state index >= 15 is 0 Å². The van der Waals surface area contributed by atoms with Crippen molar-refractivity contribution >= 4 is 5.91 Å². The van der Waals surface area contributed by atoms with Crippen LogP contribution in [-0.4, -0.2) is 23.9 Å². The number of amides is 1. The third-order valence-corrected chi connectivity index (χ3v) is 3.47. The van der Waals surface area contributed by atoms with Crippen molar-refractivity contribution in [3.05, 3.63) is 35.4 Å². The fourth-order valence-electron chi connectivity index (χ4n) is 2.26. The number of aryl methyl sites for hydroxylation is 1. The van der Waals surface area contributed by atoms with Crippen LogP contribution in [0.1, 0.15) is 24.0 Å².